The zero-order valence-corrected chi connectivity index (χ0v) is 21.7. The van der Waals surface area contributed by atoms with Crippen LogP contribution in [-0.4, -0.2) is 47.8 Å². The third-order valence-electron chi connectivity index (χ3n) is 5.82. The van der Waals surface area contributed by atoms with Gasteiger partial charge in [0.1, 0.15) is 18.1 Å². The molecule has 37 heavy (non-hydrogen) atoms. The highest BCUT2D eigenvalue weighted by Gasteiger charge is 2.41. The zero-order valence-electron chi connectivity index (χ0n) is 20.9. The van der Waals surface area contributed by atoms with E-state index in [1.165, 1.54) is 17.8 Å². The standard InChI is InChI=1S/C27H28N4O5S/c1-5-10-36-26(33)24-17(2)30-27-31(25(24)19-11-21(34-3)14-22(12-19)35-4)20(16-37-27)13-23(32)29-15-18-6-8-28-9-7-18/h5-9,11-12,14,16,25H,1,10,13,15H2,2-4H3,(H,29,32). The van der Waals surface area contributed by atoms with Crippen molar-refractivity contribution in [3.05, 3.63) is 88.9 Å². The topological polar surface area (TPSA) is 102 Å². The number of nitrogens with zero attached hydrogens (tertiary/aromatic N) is 3. The number of fused-ring (bicyclic) bond motifs is 1. The maximum absolute atomic E-state index is 13.2. The number of benzene rings is 1. The molecule has 2 aliphatic heterocycles. The van der Waals surface area contributed by atoms with Crippen LogP contribution in [0.25, 0.3) is 0 Å². The van der Waals surface area contributed by atoms with Crippen LogP contribution in [-0.2, 0) is 20.9 Å². The van der Waals surface area contributed by atoms with Crippen molar-refractivity contribution in [2.24, 2.45) is 4.99 Å². The molecule has 0 bridgehead atoms. The van der Waals surface area contributed by atoms with Gasteiger partial charge < -0.3 is 24.4 Å². The molecule has 1 aromatic carbocycles. The number of carbonyl (C=O) groups excluding carboxylic acids is 2. The second kappa shape index (κ2) is 11.8. The minimum absolute atomic E-state index is 0.0647. The van der Waals surface area contributed by atoms with Crippen LogP contribution in [0.1, 0.15) is 30.5 Å². The summed E-state index contributed by atoms with van der Waals surface area (Å²) in [5.74, 6) is 0.476. The van der Waals surface area contributed by atoms with Crippen molar-refractivity contribution in [3.8, 4) is 11.5 Å². The summed E-state index contributed by atoms with van der Waals surface area (Å²) in [5, 5.41) is 5.50. The van der Waals surface area contributed by atoms with Gasteiger partial charge in [0.2, 0.25) is 5.91 Å². The SMILES string of the molecule is C=CCOC(=O)C1=C(C)N=C2SC=C(CC(=O)NCc3ccncc3)N2C1c1cc(OC)cc(OC)c1. The number of aliphatic imine (C=N–C) groups is 1. The number of thioether (sulfide) groups is 1. The molecule has 0 fully saturated rings. The Hall–Kier alpha value is -4.05. The van der Waals surface area contributed by atoms with E-state index in [0.717, 1.165) is 11.1 Å². The Balaban J connectivity index is 1.68. The van der Waals surface area contributed by atoms with Gasteiger partial charge >= 0.3 is 5.97 Å². The van der Waals surface area contributed by atoms with E-state index in [4.69, 9.17) is 14.2 Å². The molecular formula is C27H28N4O5S. The summed E-state index contributed by atoms with van der Waals surface area (Å²) >= 11 is 1.41. The largest absolute Gasteiger partial charge is 0.497 e. The number of rotatable bonds is 10. The summed E-state index contributed by atoms with van der Waals surface area (Å²) < 4.78 is 16.4. The monoisotopic (exact) mass is 520 g/mol. The molecule has 2 aromatic rings. The fourth-order valence-corrected chi connectivity index (χ4v) is 5.04. The molecule has 1 amide bonds. The summed E-state index contributed by atoms with van der Waals surface area (Å²) in [6.07, 6.45) is 4.98. The predicted molar refractivity (Wildman–Crippen MR) is 142 cm³/mol. The molecular weight excluding hydrogens is 492 g/mol. The van der Waals surface area contributed by atoms with Gasteiger partial charge in [-0.1, -0.05) is 24.4 Å². The fraction of sp³-hybridized carbons (Fsp3) is 0.259. The molecule has 1 aromatic heterocycles. The van der Waals surface area contributed by atoms with Gasteiger partial charge in [0.15, 0.2) is 5.17 Å². The van der Waals surface area contributed by atoms with Gasteiger partial charge in [0, 0.05) is 30.7 Å². The Kier molecular flexibility index (Phi) is 8.29. The molecule has 4 rings (SSSR count). The smallest absolute Gasteiger partial charge is 0.338 e. The number of amides is 1. The number of nitrogens with one attached hydrogen (secondary N) is 1. The quantitative estimate of drug-likeness (QED) is 0.369. The van der Waals surface area contributed by atoms with Crippen LogP contribution < -0.4 is 14.8 Å². The summed E-state index contributed by atoms with van der Waals surface area (Å²) in [6.45, 7) is 5.86. The second-order valence-electron chi connectivity index (χ2n) is 8.24. The lowest BCUT2D eigenvalue weighted by Crippen LogP contribution is -2.38. The number of allylic oxidation sites excluding steroid dienone is 1. The van der Waals surface area contributed by atoms with Crippen LogP contribution in [0.3, 0.4) is 0 Å². The maximum Gasteiger partial charge on any atom is 0.338 e. The Morgan fingerprint density at radius 1 is 1.16 bits per heavy atom. The van der Waals surface area contributed by atoms with Crippen molar-refractivity contribution >= 4 is 28.8 Å². The lowest BCUT2D eigenvalue weighted by Gasteiger charge is -2.36. The highest BCUT2D eigenvalue weighted by Crippen LogP contribution is 2.46. The van der Waals surface area contributed by atoms with E-state index in [-0.39, 0.29) is 18.9 Å². The zero-order chi connectivity index (χ0) is 26.4. The molecule has 0 saturated heterocycles. The van der Waals surface area contributed by atoms with Gasteiger partial charge in [-0.2, -0.15) is 0 Å². The molecule has 2 aliphatic rings. The maximum atomic E-state index is 13.2. The Bertz CT molecular complexity index is 1270. The summed E-state index contributed by atoms with van der Waals surface area (Å²) in [5.41, 5.74) is 3.30. The van der Waals surface area contributed by atoms with E-state index >= 15 is 0 Å². The van der Waals surface area contributed by atoms with Crippen LogP contribution in [0.5, 0.6) is 11.5 Å². The normalized spacial score (nSPS) is 16.4. The first-order valence-electron chi connectivity index (χ1n) is 11.6. The summed E-state index contributed by atoms with van der Waals surface area (Å²) in [4.78, 5) is 36.7. The van der Waals surface area contributed by atoms with Crippen molar-refractivity contribution < 1.29 is 23.8 Å². The van der Waals surface area contributed by atoms with Gasteiger partial charge in [-0.3, -0.25) is 9.78 Å². The molecule has 1 atom stereocenters. The van der Waals surface area contributed by atoms with Crippen molar-refractivity contribution in [2.45, 2.75) is 25.9 Å². The lowest BCUT2D eigenvalue weighted by atomic mass is 9.93. The number of aromatic nitrogens is 1. The average Bonchev–Trinajstić information content (AvgIpc) is 3.31. The van der Waals surface area contributed by atoms with Gasteiger partial charge in [0.25, 0.3) is 0 Å². The van der Waals surface area contributed by atoms with E-state index in [9.17, 15) is 9.59 Å². The fourth-order valence-electron chi connectivity index (χ4n) is 4.07. The van der Waals surface area contributed by atoms with E-state index < -0.39 is 12.0 Å². The molecule has 3 heterocycles. The number of hydrogen-bond acceptors (Lipinski definition) is 9. The van der Waals surface area contributed by atoms with E-state index in [0.29, 0.717) is 40.2 Å². The second-order valence-corrected chi connectivity index (χ2v) is 9.07. The molecule has 1 unspecified atom stereocenters. The molecule has 192 valence electrons. The van der Waals surface area contributed by atoms with Crippen LogP contribution in [0.15, 0.2) is 82.7 Å². The first-order chi connectivity index (χ1) is 17.9. The number of esters is 1. The minimum atomic E-state index is -0.608. The highest BCUT2D eigenvalue weighted by atomic mass is 32.2. The van der Waals surface area contributed by atoms with Gasteiger partial charge in [-0.25, -0.2) is 9.79 Å². The van der Waals surface area contributed by atoms with Gasteiger partial charge in [-0.15, -0.1) is 0 Å². The number of carbonyl (C=O) groups is 2. The number of hydrogen-bond donors (Lipinski definition) is 1. The summed E-state index contributed by atoms with van der Waals surface area (Å²) in [7, 11) is 3.13. The molecule has 0 saturated carbocycles. The van der Waals surface area contributed by atoms with Crippen LogP contribution in [0.2, 0.25) is 0 Å². The number of methoxy groups -OCH3 is 2. The molecule has 9 nitrogen and oxygen atoms in total. The third-order valence-corrected chi connectivity index (χ3v) is 6.71. The highest BCUT2D eigenvalue weighted by molar-refractivity contribution is 8.16. The summed E-state index contributed by atoms with van der Waals surface area (Å²) in [6, 6.07) is 8.53. The Morgan fingerprint density at radius 2 is 1.86 bits per heavy atom. The molecule has 0 radical (unpaired) electrons. The molecule has 1 N–H and O–H groups in total. The van der Waals surface area contributed by atoms with Crippen molar-refractivity contribution in [1.82, 2.24) is 15.2 Å². The van der Waals surface area contributed by atoms with Crippen LogP contribution >= 0.6 is 11.8 Å². The number of amidine groups is 1. The minimum Gasteiger partial charge on any atom is -0.497 e. The number of ether oxygens (including phenoxy) is 3. The first kappa shape index (κ1) is 26.0. The van der Waals surface area contributed by atoms with Crippen molar-refractivity contribution in [2.75, 3.05) is 20.8 Å². The molecule has 0 spiro atoms. The average molecular weight is 521 g/mol. The Labute approximate surface area is 219 Å². The predicted octanol–water partition coefficient (Wildman–Crippen LogP) is 4.11. The Morgan fingerprint density at radius 3 is 2.51 bits per heavy atom. The number of pyridine rings is 1. The van der Waals surface area contributed by atoms with E-state index in [1.54, 1.807) is 39.6 Å². The molecule has 10 heteroatoms. The lowest BCUT2D eigenvalue weighted by molar-refractivity contribution is -0.138. The van der Waals surface area contributed by atoms with Crippen LogP contribution in [0.4, 0.5) is 0 Å². The van der Waals surface area contributed by atoms with E-state index in [1.807, 2.05) is 34.6 Å². The van der Waals surface area contributed by atoms with Gasteiger partial charge in [-0.05, 0) is 47.7 Å². The van der Waals surface area contributed by atoms with Crippen LogP contribution in [0, 0.1) is 0 Å². The molecule has 0 aliphatic carbocycles. The third kappa shape index (κ3) is 5.86. The van der Waals surface area contributed by atoms with Gasteiger partial charge in [0.05, 0.1) is 38.0 Å². The first-order valence-corrected chi connectivity index (χ1v) is 12.4. The van der Waals surface area contributed by atoms with Crippen molar-refractivity contribution in [3.63, 3.8) is 0 Å². The van der Waals surface area contributed by atoms with E-state index in [2.05, 4.69) is 21.9 Å². The van der Waals surface area contributed by atoms with Crippen molar-refractivity contribution in [1.29, 1.82) is 0 Å².